The van der Waals surface area contributed by atoms with Crippen molar-refractivity contribution in [2.24, 2.45) is 10.9 Å². The summed E-state index contributed by atoms with van der Waals surface area (Å²) < 4.78 is 6.39. The molecule has 5 rings (SSSR count). The highest BCUT2D eigenvalue weighted by Crippen LogP contribution is 2.45. The van der Waals surface area contributed by atoms with Crippen LogP contribution in [0.25, 0.3) is 11.4 Å². The lowest BCUT2D eigenvalue weighted by Crippen LogP contribution is -2.71. The Balaban J connectivity index is 1.31. The van der Waals surface area contributed by atoms with Crippen LogP contribution in [0.2, 0.25) is 0 Å². The molecule has 0 spiro atoms. The number of nitrogens with two attached hydrogens (primary N) is 2. The number of nitrogens with zero attached hydrogens (tertiary/aromatic N) is 6. The van der Waals surface area contributed by atoms with E-state index < -0.39 is 52.4 Å². The van der Waals surface area contributed by atoms with Crippen LogP contribution in [-0.4, -0.2) is 87.6 Å². The highest BCUT2D eigenvalue weighted by molar-refractivity contribution is 8.07. The molecule has 3 amide bonds. The molecule has 1 saturated heterocycles. The number of pyridine rings is 1. The molecule has 0 bridgehead atoms. The van der Waals surface area contributed by atoms with Gasteiger partial charge < -0.3 is 31.8 Å². The van der Waals surface area contributed by atoms with Crippen molar-refractivity contribution in [1.29, 1.82) is 0 Å². The van der Waals surface area contributed by atoms with Crippen molar-refractivity contribution >= 4 is 86.9 Å². The van der Waals surface area contributed by atoms with Crippen LogP contribution in [0.5, 0.6) is 0 Å². The molecule has 3 aromatic rings. The predicted octanol–water partition coefficient (Wildman–Crippen LogP) is 0.0889. The number of fused-ring (bicyclic) bond motifs is 1. The van der Waals surface area contributed by atoms with Crippen LogP contribution in [0, 0.1) is 0 Å². The second kappa shape index (κ2) is 13.0. The summed E-state index contributed by atoms with van der Waals surface area (Å²) in [6.45, 7) is 2.49. The first kappa shape index (κ1) is 32.8. The van der Waals surface area contributed by atoms with Gasteiger partial charge in [0, 0.05) is 33.7 Å². The van der Waals surface area contributed by atoms with Crippen LogP contribution >= 0.6 is 46.4 Å². The topological polar surface area (TPSA) is 257 Å². The first-order valence-electron chi connectivity index (χ1n) is 13.0. The van der Waals surface area contributed by atoms with E-state index in [-0.39, 0.29) is 28.8 Å². The fourth-order valence-electron chi connectivity index (χ4n) is 4.04. The number of carbonyl (C=O) groups excluding carboxylic acids is 3. The first-order chi connectivity index (χ1) is 21.7. The van der Waals surface area contributed by atoms with Crippen LogP contribution in [0.15, 0.2) is 50.0 Å². The van der Waals surface area contributed by atoms with Crippen LogP contribution in [0.4, 0.5) is 5.13 Å². The Morgan fingerprint density at radius 1 is 1.24 bits per heavy atom. The molecule has 46 heavy (non-hydrogen) atoms. The fraction of sp³-hybridized carbons (Fsp3) is 0.280. The van der Waals surface area contributed by atoms with Gasteiger partial charge in [-0.2, -0.15) is 8.94 Å². The molecular formula is C25H24N9O8S4+. The number of carbonyl (C=O) groups is 5. The van der Waals surface area contributed by atoms with E-state index in [1.165, 1.54) is 31.0 Å². The van der Waals surface area contributed by atoms with E-state index in [9.17, 15) is 34.2 Å². The number of anilines is 1. The Kier molecular flexibility index (Phi) is 9.28. The maximum atomic E-state index is 13.3. The molecule has 7 N–H and O–H groups in total. The van der Waals surface area contributed by atoms with Crippen molar-refractivity contribution < 1.29 is 43.6 Å². The highest BCUT2D eigenvalue weighted by atomic mass is 32.2. The zero-order chi connectivity index (χ0) is 33.3. The van der Waals surface area contributed by atoms with Gasteiger partial charge in [-0.3, -0.25) is 19.3 Å². The maximum absolute atomic E-state index is 13.3. The molecule has 0 aromatic carbocycles. The van der Waals surface area contributed by atoms with Crippen molar-refractivity contribution in [1.82, 2.24) is 24.6 Å². The third kappa shape index (κ3) is 6.80. The van der Waals surface area contributed by atoms with E-state index in [1.54, 1.807) is 29.1 Å². The van der Waals surface area contributed by atoms with E-state index >= 15 is 0 Å². The lowest BCUT2D eigenvalue weighted by molar-refractivity contribution is -0.684. The first-order valence-corrected chi connectivity index (χ1v) is 16.5. The summed E-state index contributed by atoms with van der Waals surface area (Å²) in [5, 5.41) is 26.5. The lowest BCUT2D eigenvalue weighted by Gasteiger charge is -2.49. The van der Waals surface area contributed by atoms with Crippen LogP contribution in [0.1, 0.15) is 19.5 Å². The van der Waals surface area contributed by atoms with E-state index in [0.717, 1.165) is 39.5 Å². The molecule has 0 aliphatic carbocycles. The fourth-order valence-corrected chi connectivity index (χ4v) is 7.85. The number of aliphatic carboxylic acids is 2. The van der Waals surface area contributed by atoms with Gasteiger partial charge in [-0.25, -0.2) is 19.6 Å². The second-order valence-electron chi connectivity index (χ2n) is 10.1. The monoisotopic (exact) mass is 706 g/mol. The number of hydrogen-bond acceptors (Lipinski definition) is 15. The van der Waals surface area contributed by atoms with Crippen LogP contribution in [-0.2, 0) is 35.4 Å². The number of carboxylic acids is 2. The van der Waals surface area contributed by atoms with Gasteiger partial charge in [-0.05, 0) is 25.4 Å². The standard InChI is InChI=1S/C25H23N9O8S4/c1-25(2,22(40)41)42-31-14(11-8-44-23(27)28-11)18(36)29-15-19(37)34-16(21(38)39)12(9-43-20(15)34)45-24-30-17(32-46-24)10-3-5-33(6-4-10)7-13(26)35/h3-6,8,15,20H,7,9H2,1-2H3,(H6-,26,27,28,29,35,36,38,39,40,41)/p+1/b31-14+/t15-,20?/m1/s1. The Bertz CT molecular complexity index is 1800. The van der Waals surface area contributed by atoms with Crippen LogP contribution in [0.3, 0.4) is 0 Å². The van der Waals surface area contributed by atoms with Gasteiger partial charge >= 0.3 is 11.9 Å². The maximum Gasteiger partial charge on any atom is 0.353 e. The number of β-lactam (4-membered cyclic amide) rings is 1. The summed E-state index contributed by atoms with van der Waals surface area (Å²) >= 11 is 4.38. The highest BCUT2D eigenvalue weighted by Gasteiger charge is 2.54. The van der Waals surface area contributed by atoms with Gasteiger partial charge in [-0.1, -0.05) is 16.9 Å². The number of oxime groups is 1. The van der Waals surface area contributed by atoms with Gasteiger partial charge in [0.25, 0.3) is 17.7 Å². The van der Waals surface area contributed by atoms with Gasteiger partial charge in [0.05, 0.1) is 0 Å². The summed E-state index contributed by atoms with van der Waals surface area (Å²) in [7, 11) is 0. The minimum atomic E-state index is -1.78. The summed E-state index contributed by atoms with van der Waals surface area (Å²) in [5.41, 5.74) is 9.16. The van der Waals surface area contributed by atoms with Gasteiger partial charge in [0.15, 0.2) is 33.4 Å². The molecule has 17 nitrogen and oxygen atoms in total. The SMILES string of the molecule is CC(C)(O/N=C(/C(=O)N[C@@H]1C(=O)N2C(C(=O)O)=C(Sc3nc(-c4cc[n+](CC(N)=O)cc4)ns3)CSC12)c1csc(N)n1)C(=O)O. The Morgan fingerprint density at radius 3 is 2.57 bits per heavy atom. The zero-order valence-electron chi connectivity index (χ0n) is 23.8. The molecule has 240 valence electrons. The minimum Gasteiger partial charge on any atom is -0.478 e. The van der Waals surface area contributed by atoms with Gasteiger partial charge in [-0.15, -0.1) is 23.1 Å². The number of nitrogens with one attached hydrogen (secondary N) is 1. The molecule has 2 aliphatic heterocycles. The van der Waals surface area contributed by atoms with Crippen molar-refractivity contribution in [3.63, 3.8) is 0 Å². The van der Waals surface area contributed by atoms with Gasteiger partial charge in [0.2, 0.25) is 12.1 Å². The number of rotatable bonds is 12. The average molecular weight is 707 g/mol. The number of nitrogen functional groups attached to an aromatic ring is 1. The van der Waals surface area contributed by atoms with Crippen molar-refractivity contribution in [2.75, 3.05) is 11.5 Å². The molecule has 21 heteroatoms. The molecule has 1 fully saturated rings. The number of thiazole rings is 1. The molecule has 0 radical (unpaired) electrons. The van der Waals surface area contributed by atoms with Crippen LogP contribution < -0.4 is 21.4 Å². The molecule has 2 aliphatic rings. The van der Waals surface area contributed by atoms with E-state index in [2.05, 4.69) is 24.8 Å². The summed E-state index contributed by atoms with van der Waals surface area (Å²) in [6, 6.07) is 2.32. The number of aromatic nitrogens is 4. The number of amides is 3. The number of carboxylic acid groups (broad SMARTS) is 2. The Morgan fingerprint density at radius 2 is 1.96 bits per heavy atom. The largest absolute Gasteiger partial charge is 0.478 e. The molecular weight excluding hydrogens is 683 g/mol. The third-order valence-corrected chi connectivity index (χ3v) is 10.4. The smallest absolute Gasteiger partial charge is 0.353 e. The van der Waals surface area contributed by atoms with E-state index in [4.69, 9.17) is 16.3 Å². The molecule has 5 heterocycles. The van der Waals surface area contributed by atoms with Crippen molar-refractivity contribution in [3.05, 3.63) is 46.2 Å². The normalized spacial score (nSPS) is 18.1. The number of primary amides is 1. The summed E-state index contributed by atoms with van der Waals surface area (Å²) in [6.07, 6.45) is 3.32. The van der Waals surface area contributed by atoms with Gasteiger partial charge in [0.1, 0.15) is 22.8 Å². The molecule has 1 unspecified atom stereocenters. The molecule has 3 aromatic heterocycles. The zero-order valence-corrected chi connectivity index (χ0v) is 27.0. The molecule has 0 saturated carbocycles. The second-order valence-corrected chi connectivity index (χ2v) is 14.2. The van der Waals surface area contributed by atoms with E-state index in [1.807, 2.05) is 0 Å². The minimum absolute atomic E-state index is 0.00251. The average Bonchev–Trinajstić information content (AvgIpc) is 3.64. The summed E-state index contributed by atoms with van der Waals surface area (Å²) in [5.74, 6) is -4.12. The van der Waals surface area contributed by atoms with E-state index in [0.29, 0.717) is 20.6 Å². The van der Waals surface area contributed by atoms with Crippen molar-refractivity contribution in [2.45, 2.75) is 41.7 Å². The lowest BCUT2D eigenvalue weighted by atomic mass is 10.0. The third-order valence-electron chi connectivity index (χ3n) is 6.39. The van der Waals surface area contributed by atoms with Crippen molar-refractivity contribution in [3.8, 4) is 11.4 Å². The molecule has 2 atom stereocenters. The number of hydrogen-bond donors (Lipinski definition) is 5. The summed E-state index contributed by atoms with van der Waals surface area (Å²) in [4.78, 5) is 76.5. The Hall–Kier alpha value is -4.60. The predicted molar refractivity (Wildman–Crippen MR) is 166 cm³/mol. The Labute approximate surface area is 275 Å². The number of thioether (sulfide) groups is 2. The quantitative estimate of drug-likeness (QED) is 0.0724.